The highest BCUT2D eigenvalue weighted by atomic mass is 19.1. The summed E-state index contributed by atoms with van der Waals surface area (Å²) in [5, 5.41) is 0. The maximum absolute atomic E-state index is 12.8. The molecule has 0 heterocycles. The van der Waals surface area contributed by atoms with E-state index in [4.69, 9.17) is 0 Å². The van der Waals surface area contributed by atoms with Crippen LogP contribution in [0.15, 0.2) is 18.2 Å². The van der Waals surface area contributed by atoms with E-state index in [1.165, 1.54) is 93.6 Å². The lowest BCUT2D eigenvalue weighted by Gasteiger charge is -2.39. The van der Waals surface area contributed by atoms with Gasteiger partial charge in [-0.1, -0.05) is 71.1 Å². The predicted molar refractivity (Wildman–Crippen MR) is 125 cm³/mol. The second kappa shape index (κ2) is 16.2. The molecule has 0 saturated carbocycles. The SMILES string of the molecule is CCCC[N+](CCCC)(CCCC)CCCC.C[BH2-]c1cccc(F)c1C. The molecule has 0 saturated heterocycles. The van der Waals surface area contributed by atoms with E-state index in [9.17, 15) is 4.39 Å². The Balaban J connectivity index is 0.000000569. The Bertz CT molecular complexity index is 438. The van der Waals surface area contributed by atoms with Gasteiger partial charge in [0.15, 0.2) is 0 Å². The Morgan fingerprint density at radius 3 is 1.48 bits per heavy atom. The number of nitrogens with zero attached hydrogens (tertiary/aromatic N) is 1. The van der Waals surface area contributed by atoms with Gasteiger partial charge in [-0.3, -0.25) is 0 Å². The van der Waals surface area contributed by atoms with E-state index in [1.54, 1.807) is 6.07 Å². The molecule has 1 aromatic rings. The van der Waals surface area contributed by atoms with Crippen molar-refractivity contribution in [2.24, 2.45) is 0 Å². The fourth-order valence-corrected chi connectivity index (χ4v) is 3.90. The zero-order valence-corrected chi connectivity index (χ0v) is 19.5. The van der Waals surface area contributed by atoms with Crippen LogP contribution in [0.4, 0.5) is 4.39 Å². The minimum Gasteiger partial charge on any atom is -0.324 e. The summed E-state index contributed by atoms with van der Waals surface area (Å²) in [5.74, 6) is -0.0666. The number of rotatable bonds is 13. The van der Waals surface area contributed by atoms with Crippen LogP contribution in [-0.4, -0.2) is 37.9 Å². The van der Waals surface area contributed by atoms with E-state index in [2.05, 4.69) is 34.5 Å². The molecule has 0 spiro atoms. The fraction of sp³-hybridized carbons (Fsp3) is 0.750. The lowest BCUT2D eigenvalue weighted by Crippen LogP contribution is -2.50. The lowest BCUT2D eigenvalue weighted by molar-refractivity contribution is -0.929. The highest BCUT2D eigenvalue weighted by Crippen LogP contribution is 2.16. The molecule has 3 heteroatoms. The van der Waals surface area contributed by atoms with Crippen molar-refractivity contribution < 1.29 is 8.87 Å². The molecule has 0 aliphatic carbocycles. The summed E-state index contributed by atoms with van der Waals surface area (Å²) in [5.41, 5.74) is 2.06. The quantitative estimate of drug-likeness (QED) is 0.292. The monoisotopic (exact) mass is 379 g/mol. The van der Waals surface area contributed by atoms with Gasteiger partial charge in [-0.15, -0.1) is 0 Å². The molecule has 0 aliphatic rings. The number of hydrogen-bond donors (Lipinski definition) is 0. The van der Waals surface area contributed by atoms with E-state index in [1.807, 2.05) is 13.0 Å². The maximum atomic E-state index is 12.8. The van der Waals surface area contributed by atoms with Crippen molar-refractivity contribution in [2.45, 2.75) is 92.8 Å². The van der Waals surface area contributed by atoms with Crippen molar-refractivity contribution in [2.75, 3.05) is 26.2 Å². The van der Waals surface area contributed by atoms with Crippen molar-refractivity contribution in [3.05, 3.63) is 29.6 Å². The molecule has 0 bridgehead atoms. The van der Waals surface area contributed by atoms with Crippen LogP contribution in [0, 0.1) is 12.7 Å². The van der Waals surface area contributed by atoms with Crippen LogP contribution in [0.25, 0.3) is 0 Å². The van der Waals surface area contributed by atoms with Gasteiger partial charge in [0.05, 0.1) is 26.2 Å². The van der Waals surface area contributed by atoms with Gasteiger partial charge in [0.2, 0.25) is 0 Å². The highest BCUT2D eigenvalue weighted by Gasteiger charge is 2.24. The van der Waals surface area contributed by atoms with Crippen molar-refractivity contribution in [1.82, 2.24) is 0 Å². The number of unbranched alkanes of at least 4 members (excludes halogenated alkanes) is 4. The first-order chi connectivity index (χ1) is 13.0. The Hall–Kier alpha value is -0.825. The summed E-state index contributed by atoms with van der Waals surface area (Å²) in [6.07, 6.45) is 11.1. The van der Waals surface area contributed by atoms with Crippen LogP contribution in [-0.2, 0) is 0 Å². The van der Waals surface area contributed by atoms with Gasteiger partial charge in [0.25, 0.3) is 0 Å². The summed E-state index contributed by atoms with van der Waals surface area (Å²) in [6, 6.07) is 5.31. The Morgan fingerprint density at radius 1 is 0.778 bits per heavy atom. The molecule has 0 amide bonds. The third-order valence-corrected chi connectivity index (χ3v) is 6.02. The smallest absolute Gasteiger partial charge is 0.122 e. The standard InChI is InChI=1S/C16H36N.C8H11BF/c1-5-9-13-17(14-10-6-2,15-11-7-3)16-12-8-4;1-6-7(9-2)4-3-5-8(6)10/h5-16H2,1-4H3;3-5H,9H2,1-2H3/q+1;-1. The average molecular weight is 379 g/mol. The molecular weight excluding hydrogens is 332 g/mol. The van der Waals surface area contributed by atoms with Crippen molar-refractivity contribution in [3.63, 3.8) is 0 Å². The normalized spacial score (nSPS) is 11.2. The van der Waals surface area contributed by atoms with Gasteiger partial charge in [-0.2, -0.15) is 6.82 Å². The molecule has 0 aliphatic heterocycles. The van der Waals surface area contributed by atoms with Crippen LogP contribution in [0.1, 0.15) is 84.6 Å². The minimum atomic E-state index is -0.0885. The lowest BCUT2D eigenvalue weighted by atomic mass is 9.71. The van der Waals surface area contributed by atoms with Crippen LogP contribution in [0.5, 0.6) is 0 Å². The molecule has 1 aromatic carbocycles. The first kappa shape index (κ1) is 26.2. The van der Waals surface area contributed by atoms with Crippen molar-refractivity contribution in [1.29, 1.82) is 0 Å². The van der Waals surface area contributed by atoms with E-state index in [-0.39, 0.29) is 13.1 Å². The molecular formula is C24H47BFN. The van der Waals surface area contributed by atoms with Gasteiger partial charge in [0.1, 0.15) is 5.82 Å². The van der Waals surface area contributed by atoms with Crippen LogP contribution >= 0.6 is 0 Å². The van der Waals surface area contributed by atoms with Gasteiger partial charge >= 0.3 is 0 Å². The number of benzene rings is 1. The highest BCUT2D eigenvalue weighted by molar-refractivity contribution is 6.52. The Morgan fingerprint density at radius 2 is 1.19 bits per heavy atom. The number of quaternary nitrogens is 1. The molecule has 1 nitrogen and oxygen atoms in total. The molecule has 0 atom stereocenters. The van der Waals surface area contributed by atoms with E-state index in [0.717, 1.165) is 5.56 Å². The summed E-state index contributed by atoms with van der Waals surface area (Å²) in [7, 11) is -0.0885. The zero-order valence-electron chi connectivity index (χ0n) is 19.5. The van der Waals surface area contributed by atoms with E-state index >= 15 is 0 Å². The maximum Gasteiger partial charge on any atom is 0.122 e. The number of halogens is 1. The summed E-state index contributed by atoms with van der Waals surface area (Å²) >= 11 is 0. The molecule has 1 rings (SSSR count). The van der Waals surface area contributed by atoms with Gasteiger partial charge < -0.3 is 4.48 Å². The minimum absolute atomic E-state index is 0.0666. The summed E-state index contributed by atoms with van der Waals surface area (Å²) < 4.78 is 14.2. The molecule has 0 aromatic heterocycles. The van der Waals surface area contributed by atoms with Crippen molar-refractivity contribution >= 4 is 12.7 Å². The Labute approximate surface area is 170 Å². The van der Waals surface area contributed by atoms with Crippen LogP contribution in [0.3, 0.4) is 0 Å². The average Bonchev–Trinajstić information content (AvgIpc) is 2.69. The predicted octanol–water partition coefficient (Wildman–Crippen LogP) is 5.98. The van der Waals surface area contributed by atoms with Crippen molar-refractivity contribution in [3.8, 4) is 0 Å². The van der Waals surface area contributed by atoms with Crippen LogP contribution < -0.4 is 5.46 Å². The fourth-order valence-electron chi connectivity index (χ4n) is 3.90. The van der Waals surface area contributed by atoms with E-state index < -0.39 is 0 Å². The first-order valence-electron chi connectivity index (χ1n) is 12.0. The molecule has 158 valence electrons. The molecule has 0 unspecified atom stereocenters. The topological polar surface area (TPSA) is 0 Å². The zero-order chi connectivity index (χ0) is 20.5. The third kappa shape index (κ3) is 10.9. The Kier molecular flexibility index (Phi) is 15.7. The number of hydrogen-bond acceptors (Lipinski definition) is 0. The third-order valence-electron chi connectivity index (χ3n) is 6.02. The molecule has 0 radical (unpaired) electrons. The van der Waals surface area contributed by atoms with E-state index in [0.29, 0.717) is 0 Å². The van der Waals surface area contributed by atoms with Gasteiger partial charge in [-0.05, 0) is 46.0 Å². The summed E-state index contributed by atoms with van der Waals surface area (Å²) in [6.45, 7) is 19.0. The second-order valence-corrected chi connectivity index (χ2v) is 8.33. The van der Waals surface area contributed by atoms with Gasteiger partial charge in [0, 0.05) is 0 Å². The molecule has 27 heavy (non-hydrogen) atoms. The summed E-state index contributed by atoms with van der Waals surface area (Å²) in [4.78, 5) is 0. The first-order valence-corrected chi connectivity index (χ1v) is 12.0. The second-order valence-electron chi connectivity index (χ2n) is 8.33. The van der Waals surface area contributed by atoms with Gasteiger partial charge in [-0.25, -0.2) is 9.85 Å². The van der Waals surface area contributed by atoms with Crippen LogP contribution in [0.2, 0.25) is 6.82 Å². The molecule has 0 fully saturated rings. The largest absolute Gasteiger partial charge is 0.324 e. The molecule has 0 N–H and O–H groups in total.